The summed E-state index contributed by atoms with van der Waals surface area (Å²) in [6.07, 6.45) is 2.67. The lowest BCUT2D eigenvalue weighted by Gasteiger charge is -2.30. The second kappa shape index (κ2) is 8.33. The molecule has 1 heterocycles. The molecule has 7 nitrogen and oxygen atoms in total. The molecule has 0 aliphatic carbocycles. The number of tetrazole rings is 1. The summed E-state index contributed by atoms with van der Waals surface area (Å²) in [5.41, 5.74) is -0.625. The SMILES string of the molecule is COC(=O)C(C)(CCCCSc1nnnn1C)NC(C)C. The Morgan fingerprint density at radius 1 is 1.48 bits per heavy atom. The molecule has 120 valence electrons. The van der Waals surface area contributed by atoms with Crippen LogP contribution < -0.4 is 5.32 Å². The monoisotopic (exact) mass is 315 g/mol. The molecule has 0 amide bonds. The first kappa shape index (κ1) is 17.9. The topological polar surface area (TPSA) is 81.9 Å². The Morgan fingerprint density at radius 2 is 2.19 bits per heavy atom. The zero-order valence-electron chi connectivity index (χ0n) is 13.4. The van der Waals surface area contributed by atoms with Gasteiger partial charge in [0, 0.05) is 18.8 Å². The third-order valence-corrected chi connectivity index (χ3v) is 4.22. The zero-order valence-corrected chi connectivity index (χ0v) is 14.2. The first-order valence-corrected chi connectivity index (χ1v) is 8.09. The van der Waals surface area contributed by atoms with E-state index in [2.05, 4.69) is 20.8 Å². The van der Waals surface area contributed by atoms with E-state index in [0.29, 0.717) is 0 Å². The summed E-state index contributed by atoms with van der Waals surface area (Å²) in [7, 11) is 3.25. The van der Waals surface area contributed by atoms with E-state index >= 15 is 0 Å². The van der Waals surface area contributed by atoms with Crippen LogP contribution in [0.5, 0.6) is 0 Å². The van der Waals surface area contributed by atoms with Gasteiger partial charge in [-0.25, -0.2) is 4.68 Å². The van der Waals surface area contributed by atoms with Gasteiger partial charge in [0.05, 0.1) is 7.11 Å². The summed E-state index contributed by atoms with van der Waals surface area (Å²) in [5, 5.41) is 15.4. The van der Waals surface area contributed by atoms with E-state index < -0.39 is 5.54 Å². The van der Waals surface area contributed by atoms with Crippen LogP contribution in [0.4, 0.5) is 0 Å². The summed E-state index contributed by atoms with van der Waals surface area (Å²) < 4.78 is 6.57. The van der Waals surface area contributed by atoms with Gasteiger partial charge in [-0.2, -0.15) is 0 Å². The van der Waals surface area contributed by atoms with Crippen molar-refractivity contribution in [1.82, 2.24) is 25.5 Å². The van der Waals surface area contributed by atoms with Gasteiger partial charge in [-0.1, -0.05) is 18.2 Å². The second-order valence-corrected chi connectivity index (χ2v) is 6.58. The number of methoxy groups -OCH3 is 1. The van der Waals surface area contributed by atoms with Gasteiger partial charge in [0.25, 0.3) is 0 Å². The van der Waals surface area contributed by atoms with Crippen molar-refractivity contribution >= 4 is 17.7 Å². The minimum Gasteiger partial charge on any atom is -0.468 e. The fourth-order valence-electron chi connectivity index (χ4n) is 2.18. The summed E-state index contributed by atoms with van der Waals surface area (Å²) >= 11 is 1.62. The lowest BCUT2D eigenvalue weighted by atomic mass is 9.94. The maximum absolute atomic E-state index is 11.9. The van der Waals surface area contributed by atoms with Gasteiger partial charge in [-0.15, -0.1) is 5.10 Å². The van der Waals surface area contributed by atoms with Crippen molar-refractivity contribution in [3.63, 3.8) is 0 Å². The van der Waals surface area contributed by atoms with Gasteiger partial charge in [0.15, 0.2) is 0 Å². The van der Waals surface area contributed by atoms with E-state index in [4.69, 9.17) is 4.74 Å². The summed E-state index contributed by atoms with van der Waals surface area (Å²) in [6.45, 7) is 5.95. The van der Waals surface area contributed by atoms with Crippen molar-refractivity contribution < 1.29 is 9.53 Å². The number of thioether (sulfide) groups is 1. The first-order valence-electron chi connectivity index (χ1n) is 7.10. The van der Waals surface area contributed by atoms with E-state index in [9.17, 15) is 4.79 Å². The molecule has 0 spiro atoms. The van der Waals surface area contributed by atoms with Crippen LogP contribution in [0.25, 0.3) is 0 Å². The number of unbranched alkanes of at least 4 members (excludes halogenated alkanes) is 1. The van der Waals surface area contributed by atoms with Crippen LogP contribution in [-0.2, 0) is 16.6 Å². The molecule has 1 rings (SSSR count). The average molecular weight is 315 g/mol. The number of aromatic nitrogens is 4. The molecule has 0 saturated heterocycles. The van der Waals surface area contributed by atoms with E-state index in [1.54, 1.807) is 16.4 Å². The highest BCUT2D eigenvalue weighted by Gasteiger charge is 2.33. The molecule has 1 aromatic rings. The lowest BCUT2D eigenvalue weighted by Crippen LogP contribution is -2.52. The highest BCUT2D eigenvalue weighted by molar-refractivity contribution is 7.99. The van der Waals surface area contributed by atoms with Gasteiger partial charge in [0.1, 0.15) is 5.54 Å². The highest BCUT2D eigenvalue weighted by Crippen LogP contribution is 2.20. The number of esters is 1. The van der Waals surface area contributed by atoms with E-state index in [0.717, 1.165) is 30.2 Å². The minimum absolute atomic E-state index is 0.207. The van der Waals surface area contributed by atoms with Crippen molar-refractivity contribution in [2.45, 2.75) is 56.8 Å². The molecule has 0 aromatic carbocycles. The Morgan fingerprint density at radius 3 is 2.71 bits per heavy atom. The first-order chi connectivity index (χ1) is 9.89. The Bertz CT molecular complexity index is 452. The normalized spacial score (nSPS) is 14.2. The average Bonchev–Trinajstić information content (AvgIpc) is 2.82. The molecule has 0 aliphatic heterocycles. The number of aryl methyl sites for hydroxylation is 1. The van der Waals surface area contributed by atoms with Crippen LogP contribution in [0.2, 0.25) is 0 Å². The van der Waals surface area contributed by atoms with E-state index in [-0.39, 0.29) is 12.0 Å². The fraction of sp³-hybridized carbons (Fsp3) is 0.846. The van der Waals surface area contributed by atoms with Gasteiger partial charge < -0.3 is 4.74 Å². The number of rotatable bonds is 9. The molecule has 1 unspecified atom stereocenters. The number of hydrogen-bond donors (Lipinski definition) is 1. The molecule has 0 bridgehead atoms. The molecule has 0 aliphatic rings. The van der Waals surface area contributed by atoms with E-state index in [1.165, 1.54) is 7.11 Å². The second-order valence-electron chi connectivity index (χ2n) is 5.51. The predicted molar refractivity (Wildman–Crippen MR) is 82.1 cm³/mol. The molecule has 1 N–H and O–H groups in total. The molecule has 21 heavy (non-hydrogen) atoms. The van der Waals surface area contributed by atoms with Crippen LogP contribution in [0, 0.1) is 0 Å². The standard InChI is InChI=1S/C13H25N5O2S/c1-10(2)14-13(3,11(19)20-5)8-6-7-9-21-12-15-16-17-18(12)4/h10,14H,6-9H2,1-5H3. The molecule has 0 fully saturated rings. The lowest BCUT2D eigenvalue weighted by molar-refractivity contribution is -0.148. The van der Waals surface area contributed by atoms with Crippen LogP contribution in [0.1, 0.15) is 40.0 Å². The molecule has 1 atom stereocenters. The number of nitrogens with one attached hydrogen (secondary N) is 1. The van der Waals surface area contributed by atoms with Crippen LogP contribution in [-0.4, -0.2) is 50.6 Å². The third-order valence-electron chi connectivity index (χ3n) is 3.13. The maximum Gasteiger partial charge on any atom is 0.325 e. The molecule has 0 radical (unpaired) electrons. The Kier molecular flexibility index (Phi) is 7.10. The van der Waals surface area contributed by atoms with E-state index in [1.807, 2.05) is 27.8 Å². The number of carbonyl (C=O) groups is 1. The van der Waals surface area contributed by atoms with Crippen molar-refractivity contribution in [3.8, 4) is 0 Å². The maximum atomic E-state index is 11.9. The van der Waals surface area contributed by atoms with Gasteiger partial charge in [-0.3, -0.25) is 10.1 Å². The number of carbonyl (C=O) groups excluding carboxylic acids is 1. The fourth-order valence-corrected chi connectivity index (χ4v) is 3.03. The van der Waals surface area contributed by atoms with Crippen molar-refractivity contribution in [2.75, 3.05) is 12.9 Å². The largest absolute Gasteiger partial charge is 0.468 e. The van der Waals surface area contributed by atoms with Crippen molar-refractivity contribution in [1.29, 1.82) is 0 Å². The zero-order chi connectivity index (χ0) is 15.9. The number of ether oxygens (including phenoxy) is 1. The Labute approximate surface area is 130 Å². The summed E-state index contributed by atoms with van der Waals surface area (Å²) in [4.78, 5) is 11.9. The van der Waals surface area contributed by atoms with Gasteiger partial charge in [0.2, 0.25) is 5.16 Å². The van der Waals surface area contributed by atoms with Crippen LogP contribution in [0.15, 0.2) is 5.16 Å². The Hall–Kier alpha value is -1.15. The van der Waals surface area contributed by atoms with Crippen molar-refractivity contribution in [3.05, 3.63) is 0 Å². The van der Waals surface area contributed by atoms with Crippen molar-refractivity contribution in [2.24, 2.45) is 7.05 Å². The predicted octanol–water partition coefficient (Wildman–Crippen LogP) is 1.40. The third kappa shape index (κ3) is 5.62. The quantitative estimate of drug-likeness (QED) is 0.419. The molecule has 0 saturated carbocycles. The minimum atomic E-state index is -0.625. The summed E-state index contributed by atoms with van der Waals surface area (Å²) in [6, 6.07) is 0.230. The molecule has 8 heteroatoms. The van der Waals surface area contributed by atoms with Gasteiger partial charge in [-0.05, 0) is 44.0 Å². The molecular weight excluding hydrogens is 290 g/mol. The van der Waals surface area contributed by atoms with Crippen LogP contribution >= 0.6 is 11.8 Å². The Balaban J connectivity index is 2.36. The number of hydrogen-bond acceptors (Lipinski definition) is 7. The highest BCUT2D eigenvalue weighted by atomic mass is 32.2. The van der Waals surface area contributed by atoms with Crippen LogP contribution in [0.3, 0.4) is 0 Å². The smallest absolute Gasteiger partial charge is 0.325 e. The molecule has 1 aromatic heterocycles. The summed E-state index contributed by atoms with van der Waals surface area (Å²) in [5.74, 6) is 0.717. The number of nitrogens with zero attached hydrogens (tertiary/aromatic N) is 4. The molecular formula is C13H25N5O2S. The van der Waals surface area contributed by atoms with Gasteiger partial charge >= 0.3 is 5.97 Å².